The van der Waals surface area contributed by atoms with Crippen molar-refractivity contribution in [3.05, 3.63) is 36.3 Å². The van der Waals surface area contributed by atoms with Gasteiger partial charge in [0.25, 0.3) is 10.0 Å². The van der Waals surface area contributed by atoms with E-state index in [4.69, 9.17) is 9.47 Å². The van der Waals surface area contributed by atoms with Gasteiger partial charge in [-0.15, -0.1) is 0 Å². The number of H-pyrrole nitrogens is 1. The molecule has 3 rings (SSSR count). The monoisotopic (exact) mass is 394 g/mol. The number of aryl methyl sites for hydroxylation is 1. The van der Waals surface area contributed by atoms with Crippen LogP contribution < -0.4 is 9.46 Å². The average Bonchev–Trinajstić information content (AvgIpc) is 3.21. The number of aromatic carboxylic acids is 1. The van der Waals surface area contributed by atoms with Crippen LogP contribution in [-0.4, -0.2) is 54.4 Å². The Morgan fingerprint density at radius 1 is 1.33 bits per heavy atom. The van der Waals surface area contributed by atoms with E-state index in [1.54, 1.807) is 13.1 Å². The van der Waals surface area contributed by atoms with E-state index in [-0.39, 0.29) is 23.1 Å². The van der Waals surface area contributed by atoms with E-state index in [9.17, 15) is 18.3 Å². The summed E-state index contributed by atoms with van der Waals surface area (Å²) in [6.07, 6.45) is 2.87. The Labute approximate surface area is 154 Å². The molecule has 2 heterocycles. The average molecular weight is 394 g/mol. The van der Waals surface area contributed by atoms with Crippen LogP contribution in [0.1, 0.15) is 10.5 Å². The smallest absolute Gasteiger partial charge is 0.352 e. The van der Waals surface area contributed by atoms with Gasteiger partial charge in [0.05, 0.1) is 17.8 Å². The normalized spacial score (nSPS) is 11.6. The molecule has 0 aliphatic rings. The number of rotatable bonds is 8. The van der Waals surface area contributed by atoms with Crippen LogP contribution in [0.15, 0.2) is 35.7 Å². The molecule has 0 saturated carbocycles. The first-order chi connectivity index (χ1) is 12.8. The number of imidazole rings is 1. The topological polar surface area (TPSA) is 136 Å². The summed E-state index contributed by atoms with van der Waals surface area (Å²) in [6.45, 7) is 0.601. The minimum absolute atomic E-state index is 0.0727. The number of carboxylic acid groups (broad SMARTS) is 1. The summed E-state index contributed by atoms with van der Waals surface area (Å²) in [4.78, 5) is 17.8. The van der Waals surface area contributed by atoms with E-state index in [1.165, 1.54) is 36.2 Å². The van der Waals surface area contributed by atoms with Crippen LogP contribution in [0, 0.1) is 0 Å². The molecule has 0 saturated heterocycles. The molecule has 0 bridgehead atoms. The molecule has 3 aromatic rings. The maximum atomic E-state index is 12.7. The molecule has 2 aromatic heterocycles. The number of sulfonamides is 1. The Hall–Kier alpha value is -3.05. The van der Waals surface area contributed by atoms with Gasteiger partial charge in [0.15, 0.2) is 0 Å². The van der Waals surface area contributed by atoms with E-state index in [2.05, 4.69) is 14.7 Å². The van der Waals surface area contributed by atoms with Gasteiger partial charge in [-0.3, -0.25) is 4.72 Å². The molecular weight excluding hydrogens is 376 g/mol. The zero-order chi connectivity index (χ0) is 19.6. The SMILES string of the molecule is COCCOc1cc(NS(=O)(=O)c2nccn2C)c2[nH]c(C(=O)O)cc2c1. The number of aromatic nitrogens is 3. The summed E-state index contributed by atoms with van der Waals surface area (Å²) in [6, 6.07) is 4.49. The minimum Gasteiger partial charge on any atom is -0.491 e. The van der Waals surface area contributed by atoms with Gasteiger partial charge in [-0.2, -0.15) is 8.42 Å². The zero-order valence-corrected chi connectivity index (χ0v) is 15.4. The quantitative estimate of drug-likeness (QED) is 0.492. The Morgan fingerprint density at radius 2 is 2.11 bits per heavy atom. The molecule has 0 spiro atoms. The van der Waals surface area contributed by atoms with Crippen LogP contribution in [0.2, 0.25) is 0 Å². The van der Waals surface area contributed by atoms with E-state index in [1.807, 2.05) is 0 Å². The lowest BCUT2D eigenvalue weighted by atomic mass is 10.2. The maximum Gasteiger partial charge on any atom is 0.352 e. The zero-order valence-electron chi connectivity index (χ0n) is 14.6. The van der Waals surface area contributed by atoms with Gasteiger partial charge in [0.1, 0.15) is 18.1 Å². The highest BCUT2D eigenvalue weighted by molar-refractivity contribution is 7.92. The van der Waals surface area contributed by atoms with Crippen LogP contribution in [0.25, 0.3) is 10.9 Å². The first-order valence-electron chi connectivity index (χ1n) is 7.84. The van der Waals surface area contributed by atoms with Crippen molar-refractivity contribution >= 4 is 32.6 Å². The second-order valence-corrected chi connectivity index (χ2v) is 7.27. The van der Waals surface area contributed by atoms with E-state index < -0.39 is 16.0 Å². The molecule has 1 aromatic carbocycles. The van der Waals surface area contributed by atoms with E-state index >= 15 is 0 Å². The molecule has 0 atom stereocenters. The van der Waals surface area contributed by atoms with Crippen molar-refractivity contribution in [3.63, 3.8) is 0 Å². The van der Waals surface area contributed by atoms with Crippen molar-refractivity contribution in [2.75, 3.05) is 25.0 Å². The van der Waals surface area contributed by atoms with Gasteiger partial charge in [0, 0.05) is 38.0 Å². The lowest BCUT2D eigenvalue weighted by Crippen LogP contribution is -2.17. The number of carboxylic acids is 1. The van der Waals surface area contributed by atoms with E-state index in [0.29, 0.717) is 23.3 Å². The fourth-order valence-electron chi connectivity index (χ4n) is 2.54. The van der Waals surface area contributed by atoms with E-state index in [0.717, 1.165) is 0 Å². The third kappa shape index (κ3) is 3.88. The van der Waals surface area contributed by atoms with Gasteiger partial charge in [-0.25, -0.2) is 9.78 Å². The number of nitrogens with one attached hydrogen (secondary N) is 2. The molecule has 27 heavy (non-hydrogen) atoms. The lowest BCUT2D eigenvalue weighted by Gasteiger charge is -2.12. The molecule has 0 radical (unpaired) electrons. The molecular formula is C16H18N4O6S. The number of anilines is 1. The van der Waals surface area contributed by atoms with Crippen molar-refractivity contribution in [1.82, 2.24) is 14.5 Å². The number of benzene rings is 1. The molecule has 10 nitrogen and oxygen atoms in total. The second-order valence-electron chi connectivity index (χ2n) is 5.69. The van der Waals surface area contributed by atoms with Crippen LogP contribution in [0.4, 0.5) is 5.69 Å². The summed E-state index contributed by atoms with van der Waals surface area (Å²) in [5.74, 6) is -0.793. The number of hydrogen-bond donors (Lipinski definition) is 3. The van der Waals surface area contributed by atoms with Gasteiger partial charge < -0.3 is 24.1 Å². The molecule has 0 amide bonds. The maximum absolute atomic E-state index is 12.7. The standard InChI is InChI=1S/C16H18N4O6S/c1-20-4-3-17-16(20)27(23,24)19-12-9-11(26-6-5-25-2)7-10-8-13(15(21)22)18-14(10)12/h3-4,7-9,18-19H,5-6H2,1-2H3,(H,21,22). The summed E-state index contributed by atoms with van der Waals surface area (Å²) < 4.78 is 39.6. The summed E-state index contributed by atoms with van der Waals surface area (Å²) in [7, 11) is -0.905. The number of carbonyl (C=O) groups is 1. The van der Waals surface area contributed by atoms with Crippen molar-refractivity contribution in [2.24, 2.45) is 7.05 Å². The van der Waals surface area contributed by atoms with Gasteiger partial charge >= 0.3 is 5.97 Å². The first-order valence-corrected chi connectivity index (χ1v) is 9.32. The van der Waals surface area contributed by atoms with Crippen molar-refractivity contribution in [2.45, 2.75) is 5.16 Å². The van der Waals surface area contributed by atoms with Crippen LogP contribution in [0.5, 0.6) is 5.75 Å². The fraction of sp³-hybridized carbons (Fsp3) is 0.250. The number of nitrogens with zero attached hydrogens (tertiary/aromatic N) is 2. The second kappa shape index (κ2) is 7.29. The fourth-order valence-corrected chi connectivity index (χ4v) is 3.72. The summed E-state index contributed by atoms with van der Waals surface area (Å²) >= 11 is 0. The van der Waals surface area contributed by atoms with Crippen molar-refractivity contribution in [1.29, 1.82) is 0 Å². The first kappa shape index (κ1) is 18.7. The molecule has 0 aliphatic carbocycles. The van der Waals surface area contributed by atoms with Crippen LogP contribution in [-0.2, 0) is 21.8 Å². The highest BCUT2D eigenvalue weighted by Crippen LogP contribution is 2.31. The summed E-state index contributed by atoms with van der Waals surface area (Å²) in [5.41, 5.74) is 0.399. The van der Waals surface area contributed by atoms with Crippen LogP contribution >= 0.6 is 0 Å². The van der Waals surface area contributed by atoms with Crippen molar-refractivity contribution in [3.8, 4) is 5.75 Å². The predicted molar refractivity (Wildman–Crippen MR) is 96.6 cm³/mol. The summed E-state index contributed by atoms with van der Waals surface area (Å²) in [5, 5.41) is 9.52. The number of ether oxygens (including phenoxy) is 2. The third-order valence-electron chi connectivity index (χ3n) is 3.75. The minimum atomic E-state index is -3.99. The van der Waals surface area contributed by atoms with Crippen LogP contribution in [0.3, 0.4) is 0 Å². The lowest BCUT2D eigenvalue weighted by molar-refractivity contribution is 0.0691. The number of aromatic amines is 1. The number of hydrogen-bond acceptors (Lipinski definition) is 6. The number of fused-ring (bicyclic) bond motifs is 1. The molecule has 0 aliphatic heterocycles. The molecule has 144 valence electrons. The Balaban J connectivity index is 2.05. The van der Waals surface area contributed by atoms with Crippen molar-refractivity contribution < 1.29 is 27.8 Å². The third-order valence-corrected chi connectivity index (χ3v) is 5.11. The highest BCUT2D eigenvalue weighted by atomic mass is 32.2. The molecule has 0 unspecified atom stereocenters. The largest absolute Gasteiger partial charge is 0.491 e. The molecule has 0 fully saturated rings. The Kier molecular flexibility index (Phi) is 5.06. The highest BCUT2D eigenvalue weighted by Gasteiger charge is 2.22. The van der Waals surface area contributed by atoms with Gasteiger partial charge in [0.2, 0.25) is 5.16 Å². The predicted octanol–water partition coefficient (Wildman–Crippen LogP) is 1.43. The van der Waals surface area contributed by atoms with Gasteiger partial charge in [-0.05, 0) is 12.1 Å². The van der Waals surface area contributed by atoms with Gasteiger partial charge in [-0.1, -0.05) is 0 Å². The number of methoxy groups -OCH3 is 1. The molecule has 11 heteroatoms. The molecule has 3 N–H and O–H groups in total. The Morgan fingerprint density at radius 3 is 2.74 bits per heavy atom. The Bertz CT molecular complexity index is 1090.